The maximum Gasteiger partial charge on any atom is 0.200 e. The number of nitrogens with one attached hydrogen (secondary N) is 1. The number of ether oxygens (including phenoxy) is 2. The van der Waals surface area contributed by atoms with Crippen LogP contribution in [0.5, 0.6) is 11.5 Å². The lowest BCUT2D eigenvalue weighted by atomic mass is 10.2. The van der Waals surface area contributed by atoms with E-state index in [9.17, 15) is 22.0 Å². The normalized spacial score (nSPS) is 11.0. The molecule has 0 atom stereocenters. The van der Waals surface area contributed by atoms with Crippen molar-refractivity contribution in [1.82, 2.24) is 0 Å². The molecule has 4 nitrogen and oxygen atoms in total. The molecule has 0 unspecified atom stereocenters. The maximum absolute atomic E-state index is 13.5. The van der Waals surface area contributed by atoms with Gasteiger partial charge in [0.05, 0.1) is 20.4 Å². The molecular formula is C15H11F5N2O2. The standard InChI is InChI=1S/C15H11F5N2O2/c1-23-8-3-4-9(24-2)7(5-8)6-21-22-15-13(19)11(17)10(16)12(18)14(15)20/h3-6,22H,1-2H3/b21-6-. The molecule has 9 heteroatoms. The first-order valence-electron chi connectivity index (χ1n) is 6.43. The molecule has 0 aliphatic heterocycles. The first-order chi connectivity index (χ1) is 11.4. The lowest BCUT2D eigenvalue weighted by Gasteiger charge is -2.08. The number of anilines is 1. The fourth-order valence-corrected chi connectivity index (χ4v) is 1.81. The van der Waals surface area contributed by atoms with Crippen molar-refractivity contribution in [2.24, 2.45) is 5.10 Å². The van der Waals surface area contributed by atoms with Crippen molar-refractivity contribution in [3.8, 4) is 11.5 Å². The minimum atomic E-state index is -2.24. The Morgan fingerprint density at radius 1 is 0.875 bits per heavy atom. The van der Waals surface area contributed by atoms with Crippen LogP contribution in [0.25, 0.3) is 0 Å². The van der Waals surface area contributed by atoms with Crippen molar-refractivity contribution in [2.45, 2.75) is 0 Å². The smallest absolute Gasteiger partial charge is 0.200 e. The Kier molecular flexibility index (Phi) is 5.22. The third-order valence-electron chi connectivity index (χ3n) is 3.03. The topological polar surface area (TPSA) is 42.9 Å². The summed E-state index contributed by atoms with van der Waals surface area (Å²) in [7, 11) is 2.81. The van der Waals surface area contributed by atoms with Crippen LogP contribution < -0.4 is 14.9 Å². The average Bonchev–Trinajstić information content (AvgIpc) is 2.61. The van der Waals surface area contributed by atoms with Gasteiger partial charge in [0.25, 0.3) is 0 Å². The van der Waals surface area contributed by atoms with Crippen molar-refractivity contribution >= 4 is 11.9 Å². The van der Waals surface area contributed by atoms with Gasteiger partial charge in [0, 0.05) is 5.56 Å². The second-order valence-corrected chi connectivity index (χ2v) is 4.42. The van der Waals surface area contributed by atoms with E-state index in [-0.39, 0.29) is 0 Å². The molecule has 0 saturated carbocycles. The Balaban J connectivity index is 2.34. The molecule has 2 aromatic rings. The fraction of sp³-hybridized carbons (Fsp3) is 0.133. The highest BCUT2D eigenvalue weighted by atomic mass is 19.2. The van der Waals surface area contributed by atoms with Gasteiger partial charge >= 0.3 is 0 Å². The van der Waals surface area contributed by atoms with Gasteiger partial charge in [-0.1, -0.05) is 0 Å². The highest BCUT2D eigenvalue weighted by molar-refractivity contribution is 5.84. The summed E-state index contributed by atoms with van der Waals surface area (Å²) in [6, 6.07) is 4.66. The van der Waals surface area contributed by atoms with Gasteiger partial charge in [-0.15, -0.1) is 0 Å². The molecule has 2 aromatic carbocycles. The number of benzene rings is 2. The summed E-state index contributed by atoms with van der Waals surface area (Å²) in [5, 5.41) is 3.48. The zero-order valence-electron chi connectivity index (χ0n) is 12.5. The van der Waals surface area contributed by atoms with Crippen LogP contribution in [0.1, 0.15) is 5.56 Å². The number of rotatable bonds is 5. The first kappa shape index (κ1) is 17.5. The Morgan fingerprint density at radius 2 is 1.46 bits per heavy atom. The van der Waals surface area contributed by atoms with E-state index in [4.69, 9.17) is 9.47 Å². The highest BCUT2D eigenvalue weighted by Gasteiger charge is 2.25. The van der Waals surface area contributed by atoms with Crippen LogP contribution in [0, 0.1) is 29.1 Å². The summed E-state index contributed by atoms with van der Waals surface area (Å²) in [6.45, 7) is 0. The van der Waals surface area contributed by atoms with E-state index >= 15 is 0 Å². The van der Waals surface area contributed by atoms with Gasteiger partial charge in [-0.25, -0.2) is 22.0 Å². The third-order valence-corrected chi connectivity index (χ3v) is 3.03. The molecule has 0 saturated heterocycles. The molecular weight excluding hydrogens is 335 g/mol. The van der Waals surface area contributed by atoms with Crippen LogP contribution in [-0.4, -0.2) is 20.4 Å². The minimum absolute atomic E-state index is 0.355. The lowest BCUT2D eigenvalue weighted by Crippen LogP contribution is -2.06. The summed E-state index contributed by atoms with van der Waals surface area (Å²) < 4.78 is 76.1. The Hall–Kier alpha value is -2.84. The number of halogens is 5. The van der Waals surface area contributed by atoms with Crippen molar-refractivity contribution in [2.75, 3.05) is 19.6 Å². The molecule has 1 N–H and O–H groups in total. The van der Waals surface area contributed by atoms with Gasteiger partial charge in [-0.3, -0.25) is 5.43 Å². The zero-order valence-corrected chi connectivity index (χ0v) is 12.5. The van der Waals surface area contributed by atoms with Crippen LogP contribution in [0.2, 0.25) is 0 Å². The van der Waals surface area contributed by atoms with E-state index in [1.54, 1.807) is 17.6 Å². The van der Waals surface area contributed by atoms with Gasteiger partial charge < -0.3 is 9.47 Å². The molecule has 2 rings (SSSR count). The predicted molar refractivity (Wildman–Crippen MR) is 77.0 cm³/mol. The minimum Gasteiger partial charge on any atom is -0.497 e. The molecule has 0 bridgehead atoms. The average molecular weight is 346 g/mol. The molecule has 128 valence electrons. The molecule has 24 heavy (non-hydrogen) atoms. The largest absolute Gasteiger partial charge is 0.497 e. The van der Waals surface area contributed by atoms with Crippen LogP contribution in [0.15, 0.2) is 23.3 Å². The molecule has 0 spiro atoms. The van der Waals surface area contributed by atoms with E-state index in [0.717, 1.165) is 6.21 Å². The number of hydrogen-bond donors (Lipinski definition) is 1. The lowest BCUT2D eigenvalue weighted by molar-refractivity contribution is 0.381. The van der Waals surface area contributed by atoms with Crippen molar-refractivity contribution in [3.05, 3.63) is 52.8 Å². The predicted octanol–water partition coefficient (Wildman–Crippen LogP) is 3.85. The van der Waals surface area contributed by atoms with E-state index in [0.29, 0.717) is 17.1 Å². The second kappa shape index (κ2) is 7.16. The molecule has 0 radical (unpaired) electrons. The number of hydrazone groups is 1. The summed E-state index contributed by atoms with van der Waals surface area (Å²) in [5.74, 6) is -9.58. The highest BCUT2D eigenvalue weighted by Crippen LogP contribution is 2.27. The Morgan fingerprint density at radius 3 is 2.00 bits per heavy atom. The molecule has 0 aliphatic carbocycles. The quantitative estimate of drug-likeness (QED) is 0.294. The third kappa shape index (κ3) is 3.24. The Bertz CT molecular complexity index is 767. The molecule has 0 aliphatic rings. The molecule has 0 amide bonds. The van der Waals surface area contributed by atoms with Gasteiger partial charge in [0.1, 0.15) is 17.2 Å². The zero-order chi connectivity index (χ0) is 17.9. The van der Waals surface area contributed by atoms with E-state index in [2.05, 4.69) is 5.10 Å². The van der Waals surface area contributed by atoms with Gasteiger partial charge in [0.15, 0.2) is 23.3 Å². The van der Waals surface area contributed by atoms with Crippen LogP contribution in [-0.2, 0) is 0 Å². The molecule has 0 aromatic heterocycles. The van der Waals surface area contributed by atoms with Crippen molar-refractivity contribution in [1.29, 1.82) is 0 Å². The van der Waals surface area contributed by atoms with E-state index in [1.165, 1.54) is 20.3 Å². The van der Waals surface area contributed by atoms with Crippen LogP contribution in [0.3, 0.4) is 0 Å². The summed E-state index contributed by atoms with van der Waals surface area (Å²) in [5.41, 5.74) is 0.899. The SMILES string of the molecule is COc1ccc(OC)c(/C=N\Nc2c(F)c(F)c(F)c(F)c2F)c1. The van der Waals surface area contributed by atoms with Crippen molar-refractivity contribution < 1.29 is 31.4 Å². The molecule has 0 heterocycles. The first-order valence-corrected chi connectivity index (χ1v) is 6.43. The van der Waals surface area contributed by atoms with Crippen LogP contribution >= 0.6 is 0 Å². The second-order valence-electron chi connectivity index (χ2n) is 4.42. The van der Waals surface area contributed by atoms with E-state index in [1.807, 2.05) is 0 Å². The van der Waals surface area contributed by atoms with Crippen LogP contribution in [0.4, 0.5) is 27.6 Å². The maximum atomic E-state index is 13.5. The van der Waals surface area contributed by atoms with Crippen molar-refractivity contribution in [3.63, 3.8) is 0 Å². The monoisotopic (exact) mass is 346 g/mol. The van der Waals surface area contributed by atoms with Gasteiger partial charge in [-0.05, 0) is 18.2 Å². The summed E-state index contributed by atoms with van der Waals surface area (Å²) in [6.07, 6.45) is 1.08. The Labute approximate surface area is 133 Å². The summed E-state index contributed by atoms with van der Waals surface area (Å²) >= 11 is 0. The number of nitrogens with zero attached hydrogens (tertiary/aromatic N) is 1. The molecule has 0 fully saturated rings. The number of methoxy groups -OCH3 is 2. The number of hydrogen-bond acceptors (Lipinski definition) is 4. The van der Waals surface area contributed by atoms with Gasteiger partial charge in [0.2, 0.25) is 5.82 Å². The summed E-state index contributed by atoms with van der Waals surface area (Å²) in [4.78, 5) is 0. The fourth-order valence-electron chi connectivity index (χ4n) is 1.81. The van der Waals surface area contributed by atoms with Gasteiger partial charge in [-0.2, -0.15) is 5.10 Å². The van der Waals surface area contributed by atoms with E-state index < -0.39 is 34.8 Å².